The van der Waals surface area contributed by atoms with Crippen LogP contribution in [0.25, 0.3) is 0 Å². The molecule has 1 aromatic carbocycles. The molecule has 18 heavy (non-hydrogen) atoms. The number of nitrogens with two attached hydrogens (primary N) is 1. The first-order chi connectivity index (χ1) is 8.32. The van der Waals surface area contributed by atoms with Crippen molar-refractivity contribution in [3.8, 4) is 0 Å². The van der Waals surface area contributed by atoms with E-state index < -0.39 is 10.0 Å². The Bertz CT molecular complexity index is 527. The van der Waals surface area contributed by atoms with Gasteiger partial charge >= 0.3 is 0 Å². The monoisotopic (exact) mass is 288 g/mol. The Morgan fingerprint density at radius 2 is 1.94 bits per heavy atom. The van der Waals surface area contributed by atoms with E-state index in [1.165, 1.54) is 4.31 Å². The number of aryl methyl sites for hydroxylation is 1. The zero-order valence-corrected chi connectivity index (χ0v) is 12.9. The van der Waals surface area contributed by atoms with E-state index >= 15 is 0 Å². The van der Waals surface area contributed by atoms with E-state index in [0.29, 0.717) is 12.2 Å². The van der Waals surface area contributed by atoms with E-state index in [4.69, 9.17) is 5.73 Å². The van der Waals surface area contributed by atoms with Crippen molar-refractivity contribution in [2.75, 3.05) is 31.3 Å². The van der Waals surface area contributed by atoms with Crippen LogP contribution in [0.15, 0.2) is 17.0 Å². The van der Waals surface area contributed by atoms with Gasteiger partial charge in [-0.2, -0.15) is 11.8 Å². The highest BCUT2D eigenvalue weighted by atomic mass is 32.2. The van der Waals surface area contributed by atoms with Crippen LogP contribution in [0.1, 0.15) is 11.1 Å². The van der Waals surface area contributed by atoms with Gasteiger partial charge in [-0.25, -0.2) is 12.7 Å². The number of hydrogen-bond donors (Lipinski definition) is 1. The molecule has 0 aliphatic carbocycles. The van der Waals surface area contributed by atoms with Crippen LogP contribution in [0, 0.1) is 13.8 Å². The lowest BCUT2D eigenvalue weighted by Gasteiger charge is -2.20. The molecule has 0 saturated heterocycles. The van der Waals surface area contributed by atoms with Gasteiger partial charge in [0.1, 0.15) is 4.90 Å². The Kier molecular flexibility index (Phi) is 5.07. The van der Waals surface area contributed by atoms with Crippen LogP contribution in [0.3, 0.4) is 0 Å². The van der Waals surface area contributed by atoms with E-state index in [2.05, 4.69) is 0 Å². The van der Waals surface area contributed by atoms with E-state index in [1.807, 2.05) is 19.2 Å². The van der Waals surface area contributed by atoms with Crippen LogP contribution in [0.5, 0.6) is 0 Å². The average molecular weight is 288 g/mol. The van der Waals surface area contributed by atoms with E-state index in [-0.39, 0.29) is 4.90 Å². The molecule has 6 heteroatoms. The third kappa shape index (κ3) is 2.99. The Hall–Kier alpha value is -0.720. The predicted octanol–water partition coefficient (Wildman–Crippen LogP) is 1.87. The smallest absolute Gasteiger partial charge is 0.245 e. The number of nitrogens with zero attached hydrogens (tertiary/aromatic N) is 1. The highest BCUT2D eigenvalue weighted by molar-refractivity contribution is 7.98. The van der Waals surface area contributed by atoms with Gasteiger partial charge in [-0.05, 0) is 37.3 Å². The van der Waals surface area contributed by atoms with E-state index in [1.54, 1.807) is 31.8 Å². The molecule has 0 heterocycles. The fourth-order valence-electron chi connectivity index (χ4n) is 1.65. The lowest BCUT2D eigenvalue weighted by molar-refractivity contribution is 0.488. The van der Waals surface area contributed by atoms with Crippen LogP contribution in [-0.4, -0.2) is 38.3 Å². The van der Waals surface area contributed by atoms with Crippen LogP contribution in [-0.2, 0) is 10.0 Å². The molecule has 0 radical (unpaired) electrons. The summed E-state index contributed by atoms with van der Waals surface area (Å²) in [6.45, 7) is 4.16. The topological polar surface area (TPSA) is 63.4 Å². The minimum atomic E-state index is -3.50. The zero-order valence-electron chi connectivity index (χ0n) is 11.2. The molecule has 1 rings (SSSR count). The van der Waals surface area contributed by atoms with Crippen molar-refractivity contribution in [2.45, 2.75) is 18.7 Å². The summed E-state index contributed by atoms with van der Waals surface area (Å²) in [5, 5.41) is 0. The molecule has 102 valence electrons. The number of anilines is 1. The van der Waals surface area contributed by atoms with Gasteiger partial charge in [0, 0.05) is 19.3 Å². The van der Waals surface area contributed by atoms with Crippen molar-refractivity contribution < 1.29 is 8.42 Å². The summed E-state index contributed by atoms with van der Waals surface area (Å²) >= 11 is 1.62. The Balaban J connectivity index is 3.24. The standard InChI is InChI=1S/C12H20N2O2S2/c1-9-5-6-11(13)12(10(9)2)18(15,16)14(3)7-8-17-4/h5-6H,7-8,13H2,1-4H3. The van der Waals surface area contributed by atoms with Gasteiger partial charge in [-0.1, -0.05) is 6.07 Å². The zero-order chi connectivity index (χ0) is 13.9. The van der Waals surface area contributed by atoms with Crippen molar-refractivity contribution in [1.82, 2.24) is 4.31 Å². The summed E-state index contributed by atoms with van der Waals surface area (Å²) in [6.07, 6.45) is 1.95. The van der Waals surface area contributed by atoms with Gasteiger partial charge < -0.3 is 5.73 Å². The van der Waals surface area contributed by atoms with Gasteiger partial charge in [0.2, 0.25) is 10.0 Å². The van der Waals surface area contributed by atoms with E-state index in [0.717, 1.165) is 16.9 Å². The number of hydrogen-bond acceptors (Lipinski definition) is 4. The molecular weight excluding hydrogens is 268 g/mol. The molecule has 0 amide bonds. The molecule has 0 atom stereocenters. The normalized spacial score (nSPS) is 12.1. The summed E-state index contributed by atoms with van der Waals surface area (Å²) in [5.41, 5.74) is 7.81. The number of sulfonamides is 1. The fourth-order valence-corrected chi connectivity index (χ4v) is 3.78. The molecule has 0 aromatic heterocycles. The number of rotatable bonds is 5. The Labute approximate surface area is 114 Å². The van der Waals surface area contributed by atoms with Gasteiger partial charge in [0.05, 0.1) is 5.69 Å². The van der Waals surface area contributed by atoms with E-state index in [9.17, 15) is 8.42 Å². The summed E-state index contributed by atoms with van der Waals surface area (Å²) < 4.78 is 26.3. The summed E-state index contributed by atoms with van der Waals surface area (Å²) in [5.74, 6) is 0.764. The Morgan fingerprint density at radius 1 is 1.33 bits per heavy atom. The minimum absolute atomic E-state index is 0.242. The van der Waals surface area contributed by atoms with Crippen LogP contribution >= 0.6 is 11.8 Å². The fraction of sp³-hybridized carbons (Fsp3) is 0.500. The largest absolute Gasteiger partial charge is 0.398 e. The highest BCUT2D eigenvalue weighted by Crippen LogP contribution is 2.27. The average Bonchev–Trinajstić information content (AvgIpc) is 2.31. The molecule has 0 aliphatic rings. The maximum atomic E-state index is 12.5. The quantitative estimate of drug-likeness (QED) is 0.840. The molecule has 0 bridgehead atoms. The Morgan fingerprint density at radius 3 is 2.50 bits per heavy atom. The molecule has 2 N–H and O–H groups in total. The van der Waals surface area contributed by atoms with Crippen molar-refractivity contribution in [3.05, 3.63) is 23.3 Å². The van der Waals surface area contributed by atoms with Crippen molar-refractivity contribution in [2.24, 2.45) is 0 Å². The molecule has 1 aromatic rings. The first-order valence-electron chi connectivity index (χ1n) is 5.63. The van der Waals surface area contributed by atoms with Gasteiger partial charge in [0.25, 0.3) is 0 Å². The summed E-state index contributed by atoms with van der Waals surface area (Å²) in [7, 11) is -1.91. The third-order valence-electron chi connectivity index (χ3n) is 2.99. The lowest BCUT2D eigenvalue weighted by Crippen LogP contribution is -2.30. The van der Waals surface area contributed by atoms with Gasteiger partial charge in [0.15, 0.2) is 0 Å². The first kappa shape index (κ1) is 15.3. The molecule has 0 aliphatic heterocycles. The number of benzene rings is 1. The van der Waals surface area contributed by atoms with Gasteiger partial charge in [-0.3, -0.25) is 0 Å². The number of nitrogen functional groups attached to an aromatic ring is 1. The SMILES string of the molecule is CSCCN(C)S(=O)(=O)c1c(N)ccc(C)c1C. The molecule has 0 unspecified atom stereocenters. The second-order valence-electron chi connectivity index (χ2n) is 4.25. The molecular formula is C12H20N2O2S2. The van der Waals surface area contributed by atoms with Crippen LogP contribution in [0.2, 0.25) is 0 Å². The molecule has 4 nitrogen and oxygen atoms in total. The second-order valence-corrected chi connectivity index (χ2v) is 7.21. The summed E-state index contributed by atoms with van der Waals surface area (Å²) in [4.78, 5) is 0.242. The molecule has 0 spiro atoms. The number of thioether (sulfide) groups is 1. The second kappa shape index (κ2) is 5.95. The first-order valence-corrected chi connectivity index (χ1v) is 8.46. The maximum Gasteiger partial charge on any atom is 0.245 e. The molecule has 0 saturated carbocycles. The van der Waals surface area contributed by atoms with Crippen LogP contribution < -0.4 is 5.73 Å². The highest BCUT2D eigenvalue weighted by Gasteiger charge is 2.25. The summed E-state index contributed by atoms with van der Waals surface area (Å²) in [6, 6.07) is 3.49. The predicted molar refractivity (Wildman–Crippen MR) is 78.5 cm³/mol. The minimum Gasteiger partial charge on any atom is -0.398 e. The maximum absolute atomic E-state index is 12.5. The van der Waals surface area contributed by atoms with Crippen molar-refractivity contribution in [3.63, 3.8) is 0 Å². The third-order valence-corrected chi connectivity index (χ3v) is 5.64. The molecule has 0 fully saturated rings. The van der Waals surface area contributed by atoms with Crippen molar-refractivity contribution >= 4 is 27.5 Å². The lowest BCUT2D eigenvalue weighted by atomic mass is 10.1. The van der Waals surface area contributed by atoms with Gasteiger partial charge in [-0.15, -0.1) is 0 Å². The van der Waals surface area contributed by atoms with Crippen LogP contribution in [0.4, 0.5) is 5.69 Å². The van der Waals surface area contributed by atoms with Crippen molar-refractivity contribution in [1.29, 1.82) is 0 Å².